The number of anilines is 1. The second-order valence-electron chi connectivity index (χ2n) is 3.30. The average molecular weight is 280 g/mol. The molecule has 1 N–H and O–H groups in total. The van der Waals surface area contributed by atoms with Crippen LogP contribution in [0.25, 0.3) is 0 Å². The maximum Gasteiger partial charge on any atom is 0.258 e. The highest BCUT2D eigenvalue weighted by Crippen LogP contribution is 2.13. The Morgan fingerprint density at radius 1 is 1.25 bits per heavy atom. The second kappa shape index (κ2) is 4.99. The number of nitrogens with one attached hydrogen (secondary N) is 1. The lowest BCUT2D eigenvalue weighted by atomic mass is 10.2. The molecule has 0 aliphatic carbocycles. The summed E-state index contributed by atoms with van der Waals surface area (Å²) in [6.45, 7) is 0. The summed E-state index contributed by atoms with van der Waals surface area (Å²) in [6, 6.07) is 9.28. The zero-order chi connectivity index (χ0) is 11.4. The molecule has 3 nitrogen and oxygen atoms in total. The van der Waals surface area contributed by atoms with E-state index in [2.05, 4.69) is 21.2 Å². The smallest absolute Gasteiger partial charge is 0.258 e. The topological polar surface area (TPSA) is 42.2 Å². The van der Waals surface area contributed by atoms with Crippen molar-refractivity contribution < 1.29 is 9.21 Å². The molecule has 0 unspecified atom stereocenters. The molecule has 0 saturated carbocycles. The standard InChI is InChI=1S/C12H10BrNO2/c13-7-9-1-3-11(4-2-9)14-12(15)10-5-6-16-8-10/h1-6,8H,7H2,(H,14,15). The number of benzene rings is 1. The molecular weight excluding hydrogens is 270 g/mol. The van der Waals surface area contributed by atoms with Gasteiger partial charge in [0.15, 0.2) is 0 Å². The van der Waals surface area contributed by atoms with Crippen LogP contribution in [0.4, 0.5) is 5.69 Å². The van der Waals surface area contributed by atoms with Gasteiger partial charge in [0, 0.05) is 11.0 Å². The third kappa shape index (κ3) is 2.52. The summed E-state index contributed by atoms with van der Waals surface area (Å²) in [7, 11) is 0. The molecule has 0 aliphatic rings. The molecule has 0 aliphatic heterocycles. The maximum absolute atomic E-state index is 11.6. The van der Waals surface area contributed by atoms with E-state index < -0.39 is 0 Å². The van der Waals surface area contributed by atoms with E-state index in [4.69, 9.17) is 4.42 Å². The molecule has 0 bridgehead atoms. The molecule has 2 aromatic rings. The Morgan fingerprint density at radius 2 is 2.00 bits per heavy atom. The van der Waals surface area contributed by atoms with Crippen LogP contribution < -0.4 is 5.32 Å². The van der Waals surface area contributed by atoms with Gasteiger partial charge in [0.2, 0.25) is 0 Å². The van der Waals surface area contributed by atoms with Gasteiger partial charge in [-0.25, -0.2) is 0 Å². The van der Waals surface area contributed by atoms with Gasteiger partial charge in [-0.15, -0.1) is 0 Å². The first-order valence-electron chi connectivity index (χ1n) is 4.78. The van der Waals surface area contributed by atoms with Crippen LogP contribution in [0.3, 0.4) is 0 Å². The van der Waals surface area contributed by atoms with Gasteiger partial charge in [-0.3, -0.25) is 4.79 Å². The van der Waals surface area contributed by atoms with Crippen molar-refractivity contribution in [3.63, 3.8) is 0 Å². The minimum Gasteiger partial charge on any atom is -0.472 e. The lowest BCUT2D eigenvalue weighted by Gasteiger charge is -2.03. The summed E-state index contributed by atoms with van der Waals surface area (Å²) in [4.78, 5) is 11.6. The van der Waals surface area contributed by atoms with Crippen LogP contribution in [0.1, 0.15) is 15.9 Å². The van der Waals surface area contributed by atoms with Crippen LogP contribution in [-0.4, -0.2) is 5.91 Å². The molecule has 0 spiro atoms. The van der Waals surface area contributed by atoms with Crippen molar-refractivity contribution in [1.29, 1.82) is 0 Å². The lowest BCUT2D eigenvalue weighted by molar-refractivity contribution is 0.102. The van der Waals surface area contributed by atoms with Crippen molar-refractivity contribution >= 4 is 27.5 Å². The molecular formula is C12H10BrNO2. The van der Waals surface area contributed by atoms with Gasteiger partial charge in [0.25, 0.3) is 5.91 Å². The quantitative estimate of drug-likeness (QED) is 0.875. The highest BCUT2D eigenvalue weighted by molar-refractivity contribution is 9.08. The van der Waals surface area contributed by atoms with E-state index in [0.717, 1.165) is 11.0 Å². The maximum atomic E-state index is 11.6. The van der Waals surface area contributed by atoms with Crippen molar-refractivity contribution in [1.82, 2.24) is 0 Å². The summed E-state index contributed by atoms with van der Waals surface area (Å²) in [5.74, 6) is -0.166. The number of hydrogen-bond donors (Lipinski definition) is 1. The monoisotopic (exact) mass is 279 g/mol. The Balaban J connectivity index is 2.06. The first-order chi connectivity index (χ1) is 7.79. The van der Waals surface area contributed by atoms with Crippen LogP contribution in [0, 0.1) is 0 Å². The van der Waals surface area contributed by atoms with Gasteiger partial charge < -0.3 is 9.73 Å². The fraction of sp³-hybridized carbons (Fsp3) is 0.0833. The van der Waals surface area contributed by atoms with E-state index in [1.807, 2.05) is 24.3 Å². The Hall–Kier alpha value is -1.55. The normalized spacial score (nSPS) is 10.1. The SMILES string of the molecule is O=C(Nc1ccc(CBr)cc1)c1ccoc1. The van der Waals surface area contributed by atoms with Crippen LogP contribution in [0.2, 0.25) is 0 Å². The molecule has 1 heterocycles. The van der Waals surface area contributed by atoms with Crippen molar-refractivity contribution in [3.05, 3.63) is 54.0 Å². The van der Waals surface area contributed by atoms with Crippen LogP contribution >= 0.6 is 15.9 Å². The highest BCUT2D eigenvalue weighted by Gasteiger charge is 2.06. The Labute approximate surface area is 102 Å². The highest BCUT2D eigenvalue weighted by atomic mass is 79.9. The van der Waals surface area contributed by atoms with Crippen molar-refractivity contribution in [3.8, 4) is 0 Å². The number of halogens is 1. The molecule has 1 aromatic carbocycles. The zero-order valence-corrected chi connectivity index (χ0v) is 10.0. The number of furan rings is 1. The number of alkyl halides is 1. The molecule has 0 saturated heterocycles. The molecule has 4 heteroatoms. The predicted molar refractivity (Wildman–Crippen MR) is 65.7 cm³/mol. The van der Waals surface area contributed by atoms with Gasteiger partial charge >= 0.3 is 0 Å². The van der Waals surface area contributed by atoms with E-state index in [1.54, 1.807) is 6.07 Å². The van der Waals surface area contributed by atoms with Gasteiger partial charge in [0.05, 0.1) is 11.8 Å². The summed E-state index contributed by atoms with van der Waals surface area (Å²) < 4.78 is 4.84. The van der Waals surface area contributed by atoms with Crippen molar-refractivity contribution in [2.45, 2.75) is 5.33 Å². The van der Waals surface area contributed by atoms with E-state index in [0.29, 0.717) is 5.56 Å². The minimum atomic E-state index is -0.166. The molecule has 0 atom stereocenters. The van der Waals surface area contributed by atoms with E-state index in [-0.39, 0.29) is 5.91 Å². The Kier molecular flexibility index (Phi) is 3.41. The fourth-order valence-electron chi connectivity index (χ4n) is 1.27. The number of hydrogen-bond acceptors (Lipinski definition) is 2. The van der Waals surface area contributed by atoms with Crippen LogP contribution in [0.5, 0.6) is 0 Å². The van der Waals surface area contributed by atoms with Crippen LogP contribution in [-0.2, 0) is 5.33 Å². The lowest BCUT2D eigenvalue weighted by Crippen LogP contribution is -2.10. The third-order valence-electron chi connectivity index (χ3n) is 2.15. The predicted octanol–water partition coefficient (Wildman–Crippen LogP) is 3.43. The van der Waals surface area contributed by atoms with E-state index >= 15 is 0 Å². The first kappa shape index (κ1) is 11.0. The molecule has 0 fully saturated rings. The van der Waals surface area contributed by atoms with Gasteiger partial charge in [0.1, 0.15) is 6.26 Å². The van der Waals surface area contributed by atoms with Crippen LogP contribution in [0.15, 0.2) is 47.3 Å². The first-order valence-corrected chi connectivity index (χ1v) is 5.90. The molecule has 82 valence electrons. The third-order valence-corrected chi connectivity index (χ3v) is 2.80. The summed E-state index contributed by atoms with van der Waals surface area (Å²) in [5.41, 5.74) is 2.46. The Morgan fingerprint density at radius 3 is 2.56 bits per heavy atom. The molecule has 0 radical (unpaired) electrons. The Bertz CT molecular complexity index is 462. The van der Waals surface area contributed by atoms with Gasteiger partial charge in [-0.05, 0) is 23.8 Å². The fourth-order valence-corrected chi connectivity index (χ4v) is 1.65. The van der Waals surface area contributed by atoms with Crippen molar-refractivity contribution in [2.24, 2.45) is 0 Å². The minimum absolute atomic E-state index is 0.166. The largest absolute Gasteiger partial charge is 0.472 e. The molecule has 1 aromatic heterocycles. The molecule has 2 rings (SSSR count). The van der Waals surface area contributed by atoms with E-state index in [1.165, 1.54) is 18.1 Å². The summed E-state index contributed by atoms with van der Waals surface area (Å²) in [5, 5.41) is 3.59. The summed E-state index contributed by atoms with van der Waals surface area (Å²) >= 11 is 3.36. The number of amides is 1. The number of carbonyl (C=O) groups is 1. The number of carbonyl (C=O) groups excluding carboxylic acids is 1. The van der Waals surface area contributed by atoms with E-state index in [9.17, 15) is 4.79 Å². The van der Waals surface area contributed by atoms with Gasteiger partial charge in [-0.2, -0.15) is 0 Å². The van der Waals surface area contributed by atoms with Crippen molar-refractivity contribution in [2.75, 3.05) is 5.32 Å². The number of rotatable bonds is 3. The zero-order valence-electron chi connectivity index (χ0n) is 8.44. The average Bonchev–Trinajstić information content (AvgIpc) is 2.83. The van der Waals surface area contributed by atoms with Gasteiger partial charge in [-0.1, -0.05) is 28.1 Å². The summed E-state index contributed by atoms with van der Waals surface area (Å²) in [6.07, 6.45) is 2.89. The second-order valence-corrected chi connectivity index (χ2v) is 3.86. The molecule has 1 amide bonds. The molecule has 16 heavy (non-hydrogen) atoms.